The van der Waals surface area contributed by atoms with Crippen molar-refractivity contribution in [3.63, 3.8) is 0 Å². The molecular weight excluding hydrogens is 237 g/mol. The van der Waals surface area contributed by atoms with Gasteiger partial charge in [0.1, 0.15) is 0 Å². The standard InChI is InChI=1S/C7H9Cl2NS.ClH/c8-3-4-10-5-6-1-2-7(9)11-6;/h1-2,10H,3-5H2;1H. The highest BCUT2D eigenvalue weighted by molar-refractivity contribution is 7.16. The summed E-state index contributed by atoms with van der Waals surface area (Å²) in [6, 6.07) is 3.93. The van der Waals surface area contributed by atoms with E-state index in [1.54, 1.807) is 11.3 Å². The maximum absolute atomic E-state index is 5.74. The first kappa shape index (κ1) is 12.5. The van der Waals surface area contributed by atoms with Crippen molar-refractivity contribution in [3.8, 4) is 0 Å². The first-order chi connectivity index (χ1) is 5.33. The van der Waals surface area contributed by atoms with Crippen LogP contribution in [0.1, 0.15) is 4.88 Å². The Hall–Kier alpha value is 0.530. The molecule has 0 aliphatic carbocycles. The lowest BCUT2D eigenvalue weighted by atomic mass is 10.4. The van der Waals surface area contributed by atoms with E-state index in [4.69, 9.17) is 23.2 Å². The third-order valence-corrected chi connectivity index (χ3v) is 2.62. The highest BCUT2D eigenvalue weighted by Gasteiger charge is 1.95. The zero-order valence-corrected chi connectivity index (χ0v) is 9.49. The fourth-order valence-electron chi connectivity index (χ4n) is 0.725. The first-order valence-electron chi connectivity index (χ1n) is 3.34. The van der Waals surface area contributed by atoms with E-state index in [9.17, 15) is 0 Å². The van der Waals surface area contributed by atoms with Crippen molar-refractivity contribution < 1.29 is 0 Å². The second-order valence-corrected chi connectivity index (χ2v) is 4.25. The summed E-state index contributed by atoms with van der Waals surface area (Å²) in [7, 11) is 0. The predicted octanol–water partition coefficient (Wildman–Crippen LogP) is 3.15. The lowest BCUT2D eigenvalue weighted by Gasteiger charge is -1.97. The van der Waals surface area contributed by atoms with E-state index in [1.165, 1.54) is 4.88 Å². The molecule has 1 aromatic heterocycles. The Morgan fingerprint density at radius 1 is 1.42 bits per heavy atom. The van der Waals surface area contributed by atoms with Crippen molar-refractivity contribution in [1.29, 1.82) is 0 Å². The number of hydrogen-bond donors (Lipinski definition) is 1. The van der Waals surface area contributed by atoms with Crippen LogP contribution in [0.4, 0.5) is 0 Å². The summed E-state index contributed by atoms with van der Waals surface area (Å²) in [6.07, 6.45) is 0. The van der Waals surface area contributed by atoms with Gasteiger partial charge in [-0.05, 0) is 12.1 Å². The van der Waals surface area contributed by atoms with Crippen LogP contribution in [0.3, 0.4) is 0 Å². The maximum atomic E-state index is 5.74. The van der Waals surface area contributed by atoms with Crippen molar-refractivity contribution in [3.05, 3.63) is 21.3 Å². The molecule has 70 valence electrons. The van der Waals surface area contributed by atoms with Gasteiger partial charge in [-0.15, -0.1) is 35.3 Å². The van der Waals surface area contributed by atoms with Gasteiger partial charge in [-0.25, -0.2) is 0 Å². The number of halogens is 3. The Labute approximate surface area is 92.5 Å². The van der Waals surface area contributed by atoms with Crippen molar-refractivity contribution >= 4 is 46.9 Å². The molecule has 1 heterocycles. The van der Waals surface area contributed by atoms with Gasteiger partial charge in [0.05, 0.1) is 4.34 Å². The molecule has 1 aromatic rings. The van der Waals surface area contributed by atoms with Gasteiger partial charge in [-0.3, -0.25) is 0 Å². The second-order valence-electron chi connectivity index (χ2n) is 2.07. The topological polar surface area (TPSA) is 12.0 Å². The Kier molecular flexibility index (Phi) is 7.29. The summed E-state index contributed by atoms with van der Waals surface area (Å²) >= 11 is 12.8. The lowest BCUT2D eigenvalue weighted by Crippen LogP contribution is -2.14. The molecule has 0 fully saturated rings. The minimum atomic E-state index is 0. The van der Waals surface area contributed by atoms with E-state index in [-0.39, 0.29) is 12.4 Å². The van der Waals surface area contributed by atoms with Crippen LogP contribution in [0.15, 0.2) is 12.1 Å². The van der Waals surface area contributed by atoms with Crippen LogP contribution in [-0.4, -0.2) is 12.4 Å². The zero-order chi connectivity index (χ0) is 8.10. The molecule has 0 aromatic carbocycles. The molecule has 0 aliphatic heterocycles. The summed E-state index contributed by atoms with van der Waals surface area (Å²) in [5, 5.41) is 3.18. The van der Waals surface area contributed by atoms with Gasteiger partial charge in [-0.2, -0.15) is 0 Å². The smallest absolute Gasteiger partial charge is 0.0931 e. The third kappa shape index (κ3) is 4.53. The molecule has 0 amide bonds. The molecule has 0 aliphatic rings. The van der Waals surface area contributed by atoms with E-state index in [2.05, 4.69) is 5.32 Å². The SMILES string of the molecule is Cl.ClCCNCc1ccc(Cl)s1. The third-order valence-electron chi connectivity index (χ3n) is 1.20. The Bertz CT molecular complexity index is 214. The van der Waals surface area contributed by atoms with Crippen molar-refractivity contribution in [2.45, 2.75) is 6.54 Å². The average molecular weight is 247 g/mol. The molecule has 0 saturated carbocycles. The molecule has 0 unspecified atom stereocenters. The number of nitrogens with one attached hydrogen (secondary N) is 1. The van der Waals surface area contributed by atoms with Crippen LogP contribution in [0.5, 0.6) is 0 Å². The molecule has 1 N–H and O–H groups in total. The van der Waals surface area contributed by atoms with Gasteiger partial charge < -0.3 is 5.32 Å². The van der Waals surface area contributed by atoms with E-state index in [0.29, 0.717) is 5.88 Å². The lowest BCUT2D eigenvalue weighted by molar-refractivity contribution is 0.739. The number of alkyl halides is 1. The van der Waals surface area contributed by atoms with Gasteiger partial charge in [0, 0.05) is 23.8 Å². The molecule has 0 saturated heterocycles. The van der Waals surface area contributed by atoms with Gasteiger partial charge in [0.25, 0.3) is 0 Å². The number of thiophene rings is 1. The van der Waals surface area contributed by atoms with Crippen molar-refractivity contribution in [2.75, 3.05) is 12.4 Å². The molecule has 0 bridgehead atoms. The normalized spacial score (nSPS) is 9.50. The van der Waals surface area contributed by atoms with Crippen LogP contribution >= 0.6 is 46.9 Å². The average Bonchev–Trinajstić information content (AvgIpc) is 2.37. The molecule has 12 heavy (non-hydrogen) atoms. The summed E-state index contributed by atoms with van der Waals surface area (Å²) in [4.78, 5) is 1.25. The molecule has 1 rings (SSSR count). The molecule has 1 nitrogen and oxygen atoms in total. The van der Waals surface area contributed by atoms with Crippen LogP contribution in [-0.2, 0) is 6.54 Å². The van der Waals surface area contributed by atoms with Crippen molar-refractivity contribution in [1.82, 2.24) is 5.32 Å². The fourth-order valence-corrected chi connectivity index (χ4v) is 1.92. The van der Waals surface area contributed by atoms with Crippen molar-refractivity contribution in [2.24, 2.45) is 0 Å². The fraction of sp³-hybridized carbons (Fsp3) is 0.429. The van der Waals surface area contributed by atoms with E-state index >= 15 is 0 Å². The molecule has 0 radical (unpaired) electrons. The molecule has 0 spiro atoms. The van der Waals surface area contributed by atoms with Crippen LogP contribution in [0.2, 0.25) is 4.34 Å². The van der Waals surface area contributed by atoms with Crippen LogP contribution < -0.4 is 5.32 Å². The minimum Gasteiger partial charge on any atom is -0.311 e. The summed E-state index contributed by atoms with van der Waals surface area (Å²) in [6.45, 7) is 1.71. The van der Waals surface area contributed by atoms with Crippen LogP contribution in [0, 0.1) is 0 Å². The second kappa shape index (κ2) is 6.98. The summed E-state index contributed by atoms with van der Waals surface area (Å²) in [5.41, 5.74) is 0. The summed E-state index contributed by atoms with van der Waals surface area (Å²) in [5.74, 6) is 0.652. The Morgan fingerprint density at radius 3 is 2.67 bits per heavy atom. The quantitative estimate of drug-likeness (QED) is 0.636. The Morgan fingerprint density at radius 2 is 2.17 bits per heavy atom. The van der Waals surface area contributed by atoms with Gasteiger partial charge in [-0.1, -0.05) is 11.6 Å². The molecule has 0 atom stereocenters. The Balaban J connectivity index is 0.00000121. The molecular formula is C7H10Cl3NS. The summed E-state index contributed by atoms with van der Waals surface area (Å²) < 4.78 is 0.840. The number of hydrogen-bond acceptors (Lipinski definition) is 2. The van der Waals surface area contributed by atoms with E-state index in [0.717, 1.165) is 17.4 Å². The van der Waals surface area contributed by atoms with Gasteiger partial charge in [0.15, 0.2) is 0 Å². The monoisotopic (exact) mass is 245 g/mol. The first-order valence-corrected chi connectivity index (χ1v) is 5.06. The minimum absolute atomic E-state index is 0. The van der Waals surface area contributed by atoms with Gasteiger partial charge in [0.2, 0.25) is 0 Å². The molecule has 5 heteroatoms. The van der Waals surface area contributed by atoms with E-state index in [1.807, 2.05) is 12.1 Å². The number of rotatable bonds is 4. The highest BCUT2D eigenvalue weighted by Crippen LogP contribution is 2.20. The van der Waals surface area contributed by atoms with Gasteiger partial charge >= 0.3 is 0 Å². The van der Waals surface area contributed by atoms with Crippen LogP contribution in [0.25, 0.3) is 0 Å². The highest BCUT2D eigenvalue weighted by atomic mass is 35.5. The zero-order valence-electron chi connectivity index (χ0n) is 6.35. The van der Waals surface area contributed by atoms with E-state index < -0.39 is 0 Å². The maximum Gasteiger partial charge on any atom is 0.0931 e. The predicted molar refractivity (Wildman–Crippen MR) is 59.0 cm³/mol. The largest absolute Gasteiger partial charge is 0.311 e.